The lowest BCUT2D eigenvalue weighted by atomic mass is 9.83. The highest BCUT2D eigenvalue weighted by Gasteiger charge is 2.29. The molecule has 1 amide bonds. The van der Waals surface area contributed by atoms with Crippen LogP contribution in [0.25, 0.3) is 16.6 Å². The van der Waals surface area contributed by atoms with Crippen LogP contribution in [0.2, 0.25) is 0 Å². The number of amides is 1. The Morgan fingerprint density at radius 2 is 1.94 bits per heavy atom. The zero-order valence-corrected chi connectivity index (χ0v) is 18.3. The average molecular weight is 423 g/mol. The molecule has 0 spiro atoms. The Kier molecular flexibility index (Phi) is 5.62. The minimum atomic E-state index is -0.619. The Labute approximate surface area is 182 Å². The molecule has 31 heavy (non-hydrogen) atoms. The van der Waals surface area contributed by atoms with E-state index in [1.807, 2.05) is 57.3 Å². The van der Waals surface area contributed by atoms with Crippen molar-refractivity contribution in [2.24, 2.45) is 5.73 Å². The third-order valence-electron chi connectivity index (χ3n) is 5.87. The SMILES string of the molecule is CC(C)Oc1ccc(-c2cc3c(N[C@H]4CC[C@@](C)(O)CC4)c(C(N)=O)cnn3c2)cc1. The van der Waals surface area contributed by atoms with Crippen molar-refractivity contribution in [3.8, 4) is 16.9 Å². The van der Waals surface area contributed by atoms with Crippen molar-refractivity contribution >= 4 is 17.1 Å². The average Bonchev–Trinajstić information content (AvgIpc) is 3.14. The molecule has 0 radical (unpaired) electrons. The van der Waals surface area contributed by atoms with Gasteiger partial charge in [-0.3, -0.25) is 4.79 Å². The van der Waals surface area contributed by atoms with Crippen LogP contribution >= 0.6 is 0 Å². The quantitative estimate of drug-likeness (QED) is 0.557. The van der Waals surface area contributed by atoms with E-state index in [-0.39, 0.29) is 12.1 Å². The molecule has 1 aliphatic carbocycles. The van der Waals surface area contributed by atoms with Gasteiger partial charge in [-0.15, -0.1) is 0 Å². The summed E-state index contributed by atoms with van der Waals surface area (Å²) in [4.78, 5) is 12.1. The van der Waals surface area contributed by atoms with Gasteiger partial charge in [-0.1, -0.05) is 12.1 Å². The first-order chi connectivity index (χ1) is 14.7. The molecule has 0 unspecified atom stereocenters. The maximum Gasteiger partial charge on any atom is 0.252 e. The molecule has 1 aromatic carbocycles. The van der Waals surface area contributed by atoms with E-state index in [1.165, 1.54) is 6.20 Å². The molecule has 1 aliphatic rings. The molecule has 0 saturated heterocycles. The molecule has 1 saturated carbocycles. The highest BCUT2D eigenvalue weighted by atomic mass is 16.5. The van der Waals surface area contributed by atoms with Gasteiger partial charge >= 0.3 is 0 Å². The summed E-state index contributed by atoms with van der Waals surface area (Å²) in [5.74, 6) is 0.311. The Bertz CT molecular complexity index is 1080. The normalized spacial score (nSPS) is 21.4. The van der Waals surface area contributed by atoms with Gasteiger partial charge in [0.2, 0.25) is 0 Å². The minimum Gasteiger partial charge on any atom is -0.491 e. The number of primary amides is 1. The number of carbonyl (C=O) groups is 1. The number of nitrogens with one attached hydrogen (secondary N) is 1. The third-order valence-corrected chi connectivity index (χ3v) is 5.87. The fourth-order valence-corrected chi connectivity index (χ4v) is 4.14. The second-order valence-corrected chi connectivity index (χ2v) is 8.96. The molecule has 7 nitrogen and oxygen atoms in total. The van der Waals surface area contributed by atoms with Gasteiger partial charge in [-0.25, -0.2) is 4.52 Å². The van der Waals surface area contributed by atoms with E-state index >= 15 is 0 Å². The van der Waals surface area contributed by atoms with Crippen molar-refractivity contribution in [1.82, 2.24) is 9.61 Å². The highest BCUT2D eigenvalue weighted by Crippen LogP contribution is 2.33. The van der Waals surface area contributed by atoms with Crippen LogP contribution in [0.15, 0.2) is 42.7 Å². The van der Waals surface area contributed by atoms with E-state index in [1.54, 1.807) is 4.52 Å². The Morgan fingerprint density at radius 3 is 2.55 bits per heavy atom. The van der Waals surface area contributed by atoms with Gasteiger partial charge in [-0.2, -0.15) is 5.10 Å². The van der Waals surface area contributed by atoms with Crippen molar-refractivity contribution in [3.63, 3.8) is 0 Å². The van der Waals surface area contributed by atoms with Crippen LogP contribution in [0.3, 0.4) is 0 Å². The molecule has 2 heterocycles. The number of fused-ring (bicyclic) bond motifs is 1. The Morgan fingerprint density at radius 1 is 1.26 bits per heavy atom. The summed E-state index contributed by atoms with van der Waals surface area (Å²) >= 11 is 0. The van der Waals surface area contributed by atoms with Gasteiger partial charge in [0.1, 0.15) is 5.75 Å². The van der Waals surface area contributed by atoms with Gasteiger partial charge < -0.3 is 20.9 Å². The summed E-state index contributed by atoms with van der Waals surface area (Å²) in [6, 6.07) is 10.1. The number of nitrogens with two attached hydrogens (primary N) is 1. The molecular weight excluding hydrogens is 392 g/mol. The number of nitrogens with zero attached hydrogens (tertiary/aromatic N) is 2. The maximum atomic E-state index is 12.1. The van der Waals surface area contributed by atoms with Crippen molar-refractivity contribution in [2.45, 2.75) is 64.2 Å². The molecule has 0 atom stereocenters. The molecule has 7 heteroatoms. The number of carbonyl (C=O) groups excluding carboxylic acids is 1. The maximum absolute atomic E-state index is 12.1. The molecule has 3 aromatic rings. The number of rotatable bonds is 6. The zero-order chi connectivity index (χ0) is 22.2. The first kappa shape index (κ1) is 21.2. The molecule has 2 aromatic heterocycles. The van der Waals surface area contributed by atoms with Crippen molar-refractivity contribution < 1.29 is 14.6 Å². The van der Waals surface area contributed by atoms with E-state index in [9.17, 15) is 9.90 Å². The van der Waals surface area contributed by atoms with Crippen LogP contribution < -0.4 is 15.8 Å². The third kappa shape index (κ3) is 4.66. The summed E-state index contributed by atoms with van der Waals surface area (Å²) in [6.07, 6.45) is 6.66. The smallest absolute Gasteiger partial charge is 0.252 e. The van der Waals surface area contributed by atoms with E-state index in [4.69, 9.17) is 10.5 Å². The standard InChI is InChI=1S/C24H30N4O3/c1-15(2)31-19-6-4-16(5-7-19)17-12-21-22(20(23(25)29)13-26-28(21)14-17)27-18-8-10-24(3,30)11-9-18/h4-7,12-15,18,27,30H,8-11H2,1-3H3,(H2,25,29)/t18-,24+. The van der Waals surface area contributed by atoms with Gasteiger partial charge in [-0.05, 0) is 70.2 Å². The first-order valence-electron chi connectivity index (χ1n) is 10.8. The molecule has 164 valence electrons. The van der Waals surface area contributed by atoms with Crippen LogP contribution in [0.4, 0.5) is 5.69 Å². The van der Waals surface area contributed by atoms with Gasteiger partial charge in [0.25, 0.3) is 5.91 Å². The lowest BCUT2D eigenvalue weighted by Crippen LogP contribution is -2.36. The number of aromatic nitrogens is 2. The number of anilines is 1. The molecular formula is C24H30N4O3. The number of ether oxygens (including phenoxy) is 1. The fourth-order valence-electron chi connectivity index (χ4n) is 4.14. The van der Waals surface area contributed by atoms with E-state index in [0.717, 1.165) is 48.1 Å². The number of hydrogen-bond acceptors (Lipinski definition) is 5. The summed E-state index contributed by atoms with van der Waals surface area (Å²) < 4.78 is 7.49. The summed E-state index contributed by atoms with van der Waals surface area (Å²) in [6.45, 7) is 5.87. The molecule has 0 aliphatic heterocycles. The van der Waals surface area contributed by atoms with Crippen LogP contribution in [0, 0.1) is 0 Å². The highest BCUT2D eigenvalue weighted by molar-refractivity contribution is 6.02. The van der Waals surface area contributed by atoms with Crippen molar-refractivity contribution in [1.29, 1.82) is 0 Å². The van der Waals surface area contributed by atoms with E-state index < -0.39 is 11.5 Å². The molecule has 4 N–H and O–H groups in total. The Balaban J connectivity index is 1.67. The largest absolute Gasteiger partial charge is 0.491 e. The minimum absolute atomic E-state index is 0.122. The van der Waals surface area contributed by atoms with Crippen LogP contribution in [0.1, 0.15) is 56.8 Å². The molecule has 0 bridgehead atoms. The van der Waals surface area contributed by atoms with Gasteiger partial charge in [0, 0.05) is 17.8 Å². The second-order valence-electron chi connectivity index (χ2n) is 8.96. The topological polar surface area (TPSA) is 102 Å². The lowest BCUT2D eigenvalue weighted by Gasteiger charge is -2.34. The summed E-state index contributed by atoms with van der Waals surface area (Å²) in [7, 11) is 0. The zero-order valence-electron chi connectivity index (χ0n) is 18.3. The van der Waals surface area contributed by atoms with Crippen LogP contribution in [0.5, 0.6) is 5.75 Å². The molecule has 1 fully saturated rings. The predicted octanol–water partition coefficient (Wildman–Crippen LogP) is 3.99. The second kappa shape index (κ2) is 8.23. The first-order valence-corrected chi connectivity index (χ1v) is 10.8. The number of benzene rings is 1. The van der Waals surface area contributed by atoms with Crippen LogP contribution in [-0.4, -0.2) is 38.4 Å². The van der Waals surface area contributed by atoms with E-state index in [0.29, 0.717) is 11.3 Å². The van der Waals surface area contributed by atoms with Gasteiger partial charge in [0.15, 0.2) is 0 Å². The number of hydrogen-bond donors (Lipinski definition) is 3. The number of aliphatic hydroxyl groups is 1. The van der Waals surface area contributed by atoms with Crippen molar-refractivity contribution in [2.75, 3.05) is 5.32 Å². The summed E-state index contributed by atoms with van der Waals surface area (Å²) in [5.41, 5.74) is 8.90. The van der Waals surface area contributed by atoms with Gasteiger partial charge in [0.05, 0.1) is 34.7 Å². The fraction of sp³-hybridized carbons (Fsp3) is 0.417. The summed E-state index contributed by atoms with van der Waals surface area (Å²) in [5, 5.41) is 18.2. The van der Waals surface area contributed by atoms with Crippen molar-refractivity contribution in [3.05, 3.63) is 48.3 Å². The molecule has 4 rings (SSSR count). The predicted molar refractivity (Wildman–Crippen MR) is 121 cm³/mol. The van der Waals surface area contributed by atoms with E-state index in [2.05, 4.69) is 10.4 Å². The van der Waals surface area contributed by atoms with Crippen LogP contribution in [-0.2, 0) is 0 Å². The monoisotopic (exact) mass is 422 g/mol. The lowest BCUT2D eigenvalue weighted by molar-refractivity contribution is 0.0196. The Hall–Kier alpha value is -3.06.